The van der Waals surface area contributed by atoms with Gasteiger partial charge < -0.3 is 10.1 Å². The smallest absolute Gasteiger partial charge is 0.433 e. The predicted molar refractivity (Wildman–Crippen MR) is 150 cm³/mol. The van der Waals surface area contributed by atoms with Crippen LogP contribution in [-0.2, 0) is 12.7 Å². The van der Waals surface area contributed by atoms with E-state index in [1.54, 1.807) is 28.9 Å². The Morgan fingerprint density at radius 2 is 1.57 bits per heavy atom. The molecule has 6 rings (SSSR count). The van der Waals surface area contributed by atoms with Crippen LogP contribution in [0.2, 0.25) is 0 Å². The van der Waals surface area contributed by atoms with Crippen molar-refractivity contribution in [3.05, 3.63) is 120 Å². The highest BCUT2D eigenvalue weighted by Crippen LogP contribution is 2.33. The summed E-state index contributed by atoms with van der Waals surface area (Å²) < 4.78 is 49.6. The number of para-hydroxylation sites is 1. The Bertz CT molecular complexity index is 1860. The molecule has 0 fully saturated rings. The number of aromatic nitrogens is 5. The first-order valence-electron chi connectivity index (χ1n) is 12.9. The summed E-state index contributed by atoms with van der Waals surface area (Å²) in [5, 5.41) is 11.5. The van der Waals surface area contributed by atoms with Gasteiger partial charge in [-0.05, 0) is 42.5 Å². The van der Waals surface area contributed by atoms with E-state index in [9.17, 15) is 18.0 Å². The van der Waals surface area contributed by atoms with Gasteiger partial charge in [-0.3, -0.25) is 4.79 Å². The number of amides is 1. The average molecular weight is 569 g/mol. The highest BCUT2D eigenvalue weighted by Gasteiger charge is 2.35. The number of alkyl halides is 3. The van der Waals surface area contributed by atoms with Gasteiger partial charge in [-0.25, -0.2) is 14.2 Å². The number of benzene rings is 3. The summed E-state index contributed by atoms with van der Waals surface area (Å²) in [5.41, 5.74) is 2.27. The van der Waals surface area contributed by atoms with Gasteiger partial charge in [-0.1, -0.05) is 48.5 Å². The van der Waals surface area contributed by atoms with Gasteiger partial charge in [0.25, 0.3) is 5.91 Å². The van der Waals surface area contributed by atoms with E-state index in [-0.39, 0.29) is 23.6 Å². The minimum atomic E-state index is -4.74. The van der Waals surface area contributed by atoms with E-state index < -0.39 is 17.8 Å². The molecule has 6 aromatic rings. The Kier molecular flexibility index (Phi) is 6.91. The Morgan fingerprint density at radius 1 is 0.881 bits per heavy atom. The van der Waals surface area contributed by atoms with Gasteiger partial charge >= 0.3 is 6.18 Å². The third-order valence-corrected chi connectivity index (χ3v) is 6.63. The summed E-state index contributed by atoms with van der Waals surface area (Å²) in [4.78, 5) is 17.5. The molecule has 3 heterocycles. The molecule has 42 heavy (non-hydrogen) atoms. The summed E-state index contributed by atoms with van der Waals surface area (Å²) in [6, 6.07) is 27.7. The highest BCUT2D eigenvalue weighted by molar-refractivity contribution is 5.93. The zero-order valence-electron chi connectivity index (χ0n) is 22.2. The van der Waals surface area contributed by atoms with Crippen molar-refractivity contribution < 1.29 is 22.7 Å². The van der Waals surface area contributed by atoms with Crippen LogP contribution in [0.5, 0.6) is 5.75 Å². The lowest BCUT2D eigenvalue weighted by molar-refractivity contribution is -0.142. The Hall–Kier alpha value is -5.45. The maximum atomic E-state index is 14.0. The first kappa shape index (κ1) is 26.8. The van der Waals surface area contributed by atoms with Crippen LogP contribution in [0.4, 0.5) is 13.2 Å². The van der Waals surface area contributed by atoms with E-state index in [2.05, 4.69) is 15.4 Å². The number of hydrogen-bond acceptors (Lipinski definition) is 5. The molecule has 11 heteroatoms. The van der Waals surface area contributed by atoms with Crippen molar-refractivity contribution in [1.29, 1.82) is 0 Å². The van der Waals surface area contributed by atoms with E-state index in [0.717, 1.165) is 22.9 Å². The van der Waals surface area contributed by atoms with Crippen LogP contribution in [0.1, 0.15) is 21.7 Å². The van der Waals surface area contributed by atoms with Crippen LogP contribution in [0.15, 0.2) is 103 Å². The highest BCUT2D eigenvalue weighted by atomic mass is 19.4. The number of carbonyl (C=O) groups excluding carboxylic acids is 1. The first-order valence-corrected chi connectivity index (χ1v) is 12.9. The maximum Gasteiger partial charge on any atom is 0.433 e. The summed E-state index contributed by atoms with van der Waals surface area (Å²) in [7, 11) is 1.50. The number of fused-ring (bicyclic) bond motifs is 1. The molecule has 3 aromatic heterocycles. The number of ether oxygens (including phenoxy) is 1. The van der Waals surface area contributed by atoms with Crippen LogP contribution in [0.25, 0.3) is 33.8 Å². The molecule has 0 aliphatic rings. The number of carbonyl (C=O) groups is 1. The summed E-state index contributed by atoms with van der Waals surface area (Å²) in [6.07, 6.45) is -2.93. The second-order valence-corrected chi connectivity index (χ2v) is 9.38. The van der Waals surface area contributed by atoms with Crippen molar-refractivity contribution in [3.8, 4) is 34.0 Å². The lowest BCUT2D eigenvalue weighted by atomic mass is 10.1. The van der Waals surface area contributed by atoms with Crippen LogP contribution < -0.4 is 10.1 Å². The van der Waals surface area contributed by atoms with Gasteiger partial charge in [0, 0.05) is 35.5 Å². The molecule has 0 aliphatic heterocycles. The monoisotopic (exact) mass is 568 g/mol. The third-order valence-electron chi connectivity index (χ3n) is 6.63. The normalized spacial score (nSPS) is 11.5. The topological polar surface area (TPSA) is 86.3 Å². The number of halogens is 3. The third kappa shape index (κ3) is 5.31. The van der Waals surface area contributed by atoms with E-state index >= 15 is 0 Å². The van der Waals surface area contributed by atoms with Crippen molar-refractivity contribution >= 4 is 11.6 Å². The fourth-order valence-corrected chi connectivity index (χ4v) is 4.55. The molecule has 0 saturated heterocycles. The Labute approximate surface area is 238 Å². The van der Waals surface area contributed by atoms with Crippen molar-refractivity contribution in [2.24, 2.45) is 0 Å². The second-order valence-electron chi connectivity index (χ2n) is 9.38. The predicted octanol–water partition coefficient (Wildman–Crippen LogP) is 6.21. The zero-order chi connectivity index (χ0) is 29.3. The average Bonchev–Trinajstić information content (AvgIpc) is 3.65. The molecule has 8 nitrogen and oxygen atoms in total. The lowest BCUT2D eigenvalue weighted by Gasteiger charge is -2.11. The molecular formula is C31H23F3N6O2. The van der Waals surface area contributed by atoms with E-state index in [4.69, 9.17) is 9.84 Å². The summed E-state index contributed by atoms with van der Waals surface area (Å²) in [6.45, 7) is 0.0699. The number of nitrogens with zero attached hydrogens (tertiary/aromatic N) is 5. The Morgan fingerprint density at radius 3 is 2.24 bits per heavy atom. The quantitative estimate of drug-likeness (QED) is 0.248. The fourth-order valence-electron chi connectivity index (χ4n) is 4.55. The SMILES string of the molecule is COc1ccc(-c2cc(C(F)(F)F)n3nc(C(=O)NCc4cn(-c5ccccc5)nc4-c4ccccc4)cc3n2)cc1. The molecule has 1 amide bonds. The maximum absolute atomic E-state index is 14.0. The molecule has 0 saturated carbocycles. The molecule has 0 spiro atoms. The number of rotatable bonds is 7. The van der Waals surface area contributed by atoms with Crippen LogP contribution in [0.3, 0.4) is 0 Å². The molecule has 0 unspecified atom stereocenters. The van der Waals surface area contributed by atoms with Crippen molar-refractivity contribution in [1.82, 2.24) is 29.7 Å². The molecule has 0 radical (unpaired) electrons. The number of hydrogen-bond donors (Lipinski definition) is 1. The Balaban J connectivity index is 1.31. The standard InChI is InChI=1S/C31H23F3N6O2/c1-42-24-14-12-20(13-15-24)25-16-27(31(32,33)34)40-28(36-25)17-26(37-40)30(41)35-18-22-19-39(23-10-6-3-7-11-23)38-29(22)21-8-4-2-5-9-21/h2-17,19H,18H2,1H3,(H,35,41). The van der Waals surface area contributed by atoms with Gasteiger partial charge in [0.1, 0.15) is 5.75 Å². The van der Waals surface area contributed by atoms with Crippen LogP contribution >= 0.6 is 0 Å². The van der Waals surface area contributed by atoms with Crippen molar-refractivity contribution in [3.63, 3.8) is 0 Å². The largest absolute Gasteiger partial charge is 0.497 e. The summed E-state index contributed by atoms with van der Waals surface area (Å²) in [5.74, 6) is -0.0880. The minimum absolute atomic E-state index is 0.0699. The first-order chi connectivity index (χ1) is 20.3. The van der Waals surface area contributed by atoms with Gasteiger partial charge in [0.2, 0.25) is 0 Å². The van der Waals surface area contributed by atoms with E-state index in [1.807, 2.05) is 66.9 Å². The molecule has 210 valence electrons. The van der Waals surface area contributed by atoms with Gasteiger partial charge in [0.05, 0.1) is 24.2 Å². The minimum Gasteiger partial charge on any atom is -0.497 e. The van der Waals surface area contributed by atoms with Gasteiger partial charge in [-0.15, -0.1) is 0 Å². The van der Waals surface area contributed by atoms with Crippen molar-refractivity contribution in [2.45, 2.75) is 12.7 Å². The molecule has 0 aliphatic carbocycles. The number of nitrogens with one attached hydrogen (secondary N) is 1. The van der Waals surface area contributed by atoms with E-state index in [0.29, 0.717) is 21.5 Å². The van der Waals surface area contributed by atoms with Crippen molar-refractivity contribution in [2.75, 3.05) is 7.11 Å². The number of methoxy groups -OCH3 is 1. The van der Waals surface area contributed by atoms with Gasteiger partial charge in [-0.2, -0.15) is 23.4 Å². The van der Waals surface area contributed by atoms with Crippen LogP contribution in [0, 0.1) is 0 Å². The molecular weight excluding hydrogens is 545 g/mol. The van der Waals surface area contributed by atoms with Gasteiger partial charge in [0.15, 0.2) is 17.0 Å². The lowest BCUT2D eigenvalue weighted by Crippen LogP contribution is -2.23. The molecule has 3 aromatic carbocycles. The molecule has 1 N–H and O–H groups in total. The summed E-state index contributed by atoms with van der Waals surface area (Å²) >= 11 is 0. The zero-order valence-corrected chi connectivity index (χ0v) is 22.2. The second kappa shape index (κ2) is 10.8. The molecule has 0 atom stereocenters. The van der Waals surface area contributed by atoms with Crippen LogP contribution in [-0.4, -0.2) is 37.4 Å². The fraction of sp³-hybridized carbons (Fsp3) is 0.0968. The molecule has 0 bridgehead atoms. The van der Waals surface area contributed by atoms with E-state index in [1.165, 1.54) is 13.2 Å².